The van der Waals surface area contributed by atoms with Gasteiger partial charge in [0.2, 0.25) is 10.0 Å². The molecular weight excluding hydrogens is 281 g/mol. The second-order valence-corrected chi connectivity index (χ2v) is 6.93. The third kappa shape index (κ3) is 4.61. The molecule has 5 nitrogen and oxygen atoms in total. The lowest BCUT2D eigenvalue weighted by molar-refractivity contribution is 0.552. The molecule has 0 aliphatic heterocycles. The van der Waals surface area contributed by atoms with E-state index in [0.29, 0.717) is 6.42 Å². The van der Waals surface area contributed by atoms with Gasteiger partial charge in [0.15, 0.2) is 0 Å². The predicted octanol–water partition coefficient (Wildman–Crippen LogP) is 1.89. The van der Waals surface area contributed by atoms with Gasteiger partial charge in [0, 0.05) is 5.69 Å². The fourth-order valence-electron chi connectivity index (χ4n) is 1.25. The lowest BCUT2D eigenvalue weighted by atomic mass is 10.3. The Morgan fingerprint density at radius 2 is 1.67 bits per heavy atom. The van der Waals surface area contributed by atoms with Gasteiger partial charge in [-0.2, -0.15) is 8.42 Å². The van der Waals surface area contributed by atoms with E-state index >= 15 is 0 Å². The Bertz CT molecular complexity index is 593. The third-order valence-electron chi connectivity index (χ3n) is 2.18. The van der Waals surface area contributed by atoms with E-state index in [1.165, 1.54) is 12.1 Å². The van der Waals surface area contributed by atoms with Crippen LogP contribution >= 0.6 is 0 Å². The number of unbranched alkanes of at least 4 members (excludes halogenated alkanes) is 1. The first-order valence-electron chi connectivity index (χ1n) is 5.30. The van der Waals surface area contributed by atoms with Crippen molar-refractivity contribution in [3.8, 4) is 0 Å². The predicted molar refractivity (Wildman–Crippen MR) is 67.1 cm³/mol. The van der Waals surface area contributed by atoms with Gasteiger partial charge < -0.3 is 0 Å². The molecule has 0 spiro atoms. The van der Waals surface area contributed by atoms with Crippen LogP contribution < -0.4 is 4.72 Å². The minimum Gasteiger partial charge on any atom is -0.284 e. The SMILES string of the molecule is CCCCS(=O)(=O)Nc1ccc(S(=O)(=O)F)cc1. The Kier molecular flexibility index (Phi) is 4.69. The number of hydrogen-bond acceptors (Lipinski definition) is 4. The van der Waals surface area contributed by atoms with Crippen LogP contribution in [0, 0.1) is 0 Å². The maximum Gasteiger partial charge on any atom is 0.332 e. The second kappa shape index (κ2) is 5.66. The molecule has 0 saturated carbocycles. The van der Waals surface area contributed by atoms with Crippen molar-refractivity contribution in [3.63, 3.8) is 0 Å². The normalized spacial score (nSPS) is 12.3. The van der Waals surface area contributed by atoms with Crippen molar-refractivity contribution in [1.82, 2.24) is 0 Å². The van der Waals surface area contributed by atoms with Gasteiger partial charge in [-0.1, -0.05) is 13.3 Å². The molecule has 0 bridgehead atoms. The molecule has 0 saturated heterocycles. The van der Waals surface area contributed by atoms with Crippen LogP contribution in [0.5, 0.6) is 0 Å². The molecule has 0 atom stereocenters. The molecule has 0 heterocycles. The van der Waals surface area contributed by atoms with E-state index in [4.69, 9.17) is 0 Å². The Hall–Kier alpha value is -1.15. The van der Waals surface area contributed by atoms with Crippen LogP contribution in [0.4, 0.5) is 9.57 Å². The topological polar surface area (TPSA) is 80.3 Å². The molecule has 1 N–H and O–H groups in total. The van der Waals surface area contributed by atoms with E-state index < -0.39 is 25.1 Å². The minimum absolute atomic E-state index is 0.00728. The van der Waals surface area contributed by atoms with Crippen molar-refractivity contribution >= 4 is 25.9 Å². The number of hydrogen-bond donors (Lipinski definition) is 1. The largest absolute Gasteiger partial charge is 0.332 e. The van der Waals surface area contributed by atoms with Gasteiger partial charge >= 0.3 is 10.2 Å². The smallest absolute Gasteiger partial charge is 0.284 e. The molecule has 1 aromatic carbocycles. The van der Waals surface area contributed by atoms with E-state index in [0.717, 1.165) is 18.6 Å². The lowest BCUT2D eigenvalue weighted by Gasteiger charge is -2.07. The maximum atomic E-state index is 12.6. The Labute approximate surface area is 106 Å². The highest BCUT2D eigenvalue weighted by molar-refractivity contribution is 7.92. The van der Waals surface area contributed by atoms with Crippen LogP contribution in [0.1, 0.15) is 19.8 Å². The molecule has 18 heavy (non-hydrogen) atoms. The van der Waals surface area contributed by atoms with Gasteiger partial charge in [-0.25, -0.2) is 8.42 Å². The first-order chi connectivity index (χ1) is 8.24. The monoisotopic (exact) mass is 295 g/mol. The molecule has 8 heteroatoms. The van der Waals surface area contributed by atoms with Crippen molar-refractivity contribution in [2.75, 3.05) is 10.5 Å². The zero-order valence-corrected chi connectivity index (χ0v) is 11.4. The first-order valence-corrected chi connectivity index (χ1v) is 8.33. The molecule has 102 valence electrons. The molecule has 0 aliphatic carbocycles. The number of anilines is 1. The number of sulfonamides is 1. The van der Waals surface area contributed by atoms with Crippen LogP contribution in [-0.4, -0.2) is 22.6 Å². The summed E-state index contributed by atoms with van der Waals surface area (Å²) in [6.07, 6.45) is 1.28. The molecule has 0 aliphatic rings. The molecule has 0 fully saturated rings. The first kappa shape index (κ1) is 14.9. The van der Waals surface area contributed by atoms with Crippen molar-refractivity contribution in [2.24, 2.45) is 0 Å². The number of benzene rings is 1. The van der Waals surface area contributed by atoms with Gasteiger partial charge in [-0.15, -0.1) is 3.89 Å². The van der Waals surface area contributed by atoms with E-state index in [1.54, 1.807) is 0 Å². The standard InChI is InChI=1S/C10H14FNO4S2/c1-2-3-8-17(13,14)12-9-4-6-10(7-5-9)18(11,15)16/h4-7,12H,2-3,8H2,1H3. The molecule has 1 rings (SSSR count). The van der Waals surface area contributed by atoms with E-state index in [1.807, 2.05) is 6.92 Å². The number of halogens is 1. The summed E-state index contributed by atoms with van der Waals surface area (Å²) >= 11 is 0. The highest BCUT2D eigenvalue weighted by Crippen LogP contribution is 2.17. The number of nitrogens with one attached hydrogen (secondary N) is 1. The summed E-state index contributed by atoms with van der Waals surface area (Å²) in [6, 6.07) is 4.42. The summed E-state index contributed by atoms with van der Waals surface area (Å²) in [5.41, 5.74) is 0.207. The minimum atomic E-state index is -4.75. The Balaban J connectivity index is 2.82. The van der Waals surface area contributed by atoms with Gasteiger partial charge in [-0.3, -0.25) is 4.72 Å². The van der Waals surface area contributed by atoms with Crippen molar-refractivity contribution in [2.45, 2.75) is 24.7 Å². The molecule has 1 aromatic rings. The van der Waals surface area contributed by atoms with Crippen LogP contribution in [0.25, 0.3) is 0 Å². The average Bonchev–Trinajstić information content (AvgIpc) is 2.25. The Morgan fingerprint density at radius 3 is 2.11 bits per heavy atom. The van der Waals surface area contributed by atoms with Crippen LogP contribution in [0.3, 0.4) is 0 Å². The van der Waals surface area contributed by atoms with Crippen LogP contribution in [0.2, 0.25) is 0 Å². The summed E-state index contributed by atoms with van der Waals surface area (Å²) in [7, 11) is -8.19. The molecule has 0 aromatic heterocycles. The van der Waals surface area contributed by atoms with Gasteiger partial charge in [0.05, 0.1) is 10.6 Å². The van der Waals surface area contributed by atoms with Gasteiger partial charge in [0.1, 0.15) is 0 Å². The third-order valence-corrected chi connectivity index (χ3v) is 4.38. The maximum absolute atomic E-state index is 12.6. The zero-order chi connectivity index (χ0) is 13.8. The van der Waals surface area contributed by atoms with E-state index in [-0.39, 0.29) is 11.4 Å². The van der Waals surface area contributed by atoms with Crippen LogP contribution in [-0.2, 0) is 20.2 Å². The van der Waals surface area contributed by atoms with Crippen molar-refractivity contribution in [1.29, 1.82) is 0 Å². The molecular formula is C10H14FNO4S2. The fraction of sp³-hybridized carbons (Fsp3) is 0.400. The number of rotatable bonds is 6. The van der Waals surface area contributed by atoms with Gasteiger partial charge in [-0.05, 0) is 30.7 Å². The van der Waals surface area contributed by atoms with Crippen LogP contribution in [0.15, 0.2) is 29.2 Å². The van der Waals surface area contributed by atoms with Crippen molar-refractivity contribution < 1.29 is 20.7 Å². The average molecular weight is 295 g/mol. The summed E-state index contributed by atoms with van der Waals surface area (Å²) < 4.78 is 59.1. The van der Waals surface area contributed by atoms with E-state index in [2.05, 4.69) is 4.72 Å². The summed E-state index contributed by atoms with van der Waals surface area (Å²) in [6.45, 7) is 1.87. The molecule has 0 amide bonds. The highest BCUT2D eigenvalue weighted by atomic mass is 32.3. The zero-order valence-electron chi connectivity index (χ0n) is 9.76. The lowest BCUT2D eigenvalue weighted by Crippen LogP contribution is -2.16. The highest BCUT2D eigenvalue weighted by Gasteiger charge is 2.13. The fourth-order valence-corrected chi connectivity index (χ4v) is 2.98. The second-order valence-electron chi connectivity index (χ2n) is 3.74. The Morgan fingerprint density at radius 1 is 1.11 bits per heavy atom. The van der Waals surface area contributed by atoms with E-state index in [9.17, 15) is 20.7 Å². The molecule has 0 unspecified atom stereocenters. The van der Waals surface area contributed by atoms with Gasteiger partial charge in [0.25, 0.3) is 0 Å². The summed E-state index contributed by atoms with van der Waals surface area (Å²) in [5.74, 6) is -0.00728. The van der Waals surface area contributed by atoms with Crippen molar-refractivity contribution in [3.05, 3.63) is 24.3 Å². The quantitative estimate of drug-likeness (QED) is 0.813. The molecule has 0 radical (unpaired) electrons. The summed E-state index contributed by atoms with van der Waals surface area (Å²) in [4.78, 5) is -0.501. The summed E-state index contributed by atoms with van der Waals surface area (Å²) in [5, 5.41) is 0.